The highest BCUT2D eigenvalue weighted by Gasteiger charge is 2.44. The molecule has 48 heavy (non-hydrogen) atoms. The molecule has 2 N–H and O–H groups in total. The van der Waals surface area contributed by atoms with E-state index < -0.39 is 24.0 Å². The zero-order valence-corrected chi connectivity index (χ0v) is 30.1. The molecule has 9 nitrogen and oxygen atoms in total. The summed E-state index contributed by atoms with van der Waals surface area (Å²) in [6, 6.07) is 6.00. The number of aliphatic imine (C=N–C) groups is 1. The highest BCUT2D eigenvalue weighted by Crippen LogP contribution is 2.43. The molecule has 5 rings (SSSR count). The van der Waals surface area contributed by atoms with E-state index in [-0.39, 0.29) is 36.4 Å². The van der Waals surface area contributed by atoms with Gasteiger partial charge in [-0.2, -0.15) is 5.06 Å². The summed E-state index contributed by atoms with van der Waals surface area (Å²) in [7, 11) is 5.94. The number of hydrogen-bond acceptors (Lipinski definition) is 7. The predicted octanol–water partition coefficient (Wildman–Crippen LogP) is 6.27. The van der Waals surface area contributed by atoms with Gasteiger partial charge in [-0.3, -0.25) is 14.4 Å². The molecule has 3 unspecified atom stereocenters. The van der Waals surface area contributed by atoms with Crippen molar-refractivity contribution in [3.63, 3.8) is 0 Å². The van der Waals surface area contributed by atoms with Crippen LogP contribution in [0.4, 0.5) is 0 Å². The Bertz CT molecular complexity index is 1190. The molecule has 9 heteroatoms. The van der Waals surface area contributed by atoms with Crippen LogP contribution in [0, 0.1) is 23.7 Å². The summed E-state index contributed by atoms with van der Waals surface area (Å²) in [5.74, 6) is 1.75. The molecular weight excluding hydrogens is 604 g/mol. The fourth-order valence-corrected chi connectivity index (χ4v) is 9.34. The number of benzene rings is 1. The number of carbonyl (C=O) groups excluding carboxylic acids is 2. The van der Waals surface area contributed by atoms with Crippen molar-refractivity contribution in [1.29, 1.82) is 0 Å². The lowest BCUT2D eigenvalue weighted by molar-refractivity contribution is -0.155. The molecule has 0 bridgehead atoms. The molecule has 1 heterocycles. The highest BCUT2D eigenvalue weighted by molar-refractivity contribution is 5.86. The number of ether oxygens (including phenoxy) is 1. The topological polar surface area (TPSA) is 104 Å². The second kappa shape index (κ2) is 17.6. The minimum atomic E-state index is -0.725. The Morgan fingerprint density at radius 2 is 1.69 bits per heavy atom. The van der Waals surface area contributed by atoms with Crippen LogP contribution in [0.25, 0.3) is 0 Å². The number of rotatable bonds is 13. The van der Waals surface area contributed by atoms with Crippen LogP contribution in [0.1, 0.15) is 120 Å². The maximum atomic E-state index is 14.3. The Morgan fingerprint density at radius 1 is 1.04 bits per heavy atom. The predicted molar refractivity (Wildman–Crippen MR) is 190 cm³/mol. The van der Waals surface area contributed by atoms with Crippen LogP contribution in [0.2, 0.25) is 0 Å². The summed E-state index contributed by atoms with van der Waals surface area (Å²) >= 11 is 0. The summed E-state index contributed by atoms with van der Waals surface area (Å²) < 4.78 is 6.09. The molecule has 3 aliphatic carbocycles. The van der Waals surface area contributed by atoms with Crippen molar-refractivity contribution < 1.29 is 24.3 Å². The Balaban J connectivity index is 1.34. The van der Waals surface area contributed by atoms with E-state index in [1.165, 1.54) is 64.2 Å². The van der Waals surface area contributed by atoms with Crippen molar-refractivity contribution in [2.75, 3.05) is 27.8 Å². The molecule has 4 aliphatic rings. The van der Waals surface area contributed by atoms with Gasteiger partial charge in [0.05, 0.1) is 26.4 Å². The van der Waals surface area contributed by atoms with E-state index in [0.717, 1.165) is 60.8 Å². The first kappa shape index (κ1) is 36.9. The number of methoxy groups -OCH3 is 1. The van der Waals surface area contributed by atoms with E-state index in [0.29, 0.717) is 6.54 Å². The number of amides is 2. The first-order valence-electron chi connectivity index (χ1n) is 18.9. The van der Waals surface area contributed by atoms with Gasteiger partial charge in [-0.1, -0.05) is 82.4 Å². The number of aliphatic hydroxyl groups is 1. The lowest BCUT2D eigenvalue weighted by Crippen LogP contribution is -2.46. The molecule has 1 aromatic rings. The summed E-state index contributed by atoms with van der Waals surface area (Å²) in [4.78, 5) is 38.9. The monoisotopic (exact) mass is 666 g/mol. The third-order valence-electron chi connectivity index (χ3n) is 12.1. The van der Waals surface area contributed by atoms with Gasteiger partial charge in [0.15, 0.2) is 0 Å². The largest absolute Gasteiger partial charge is 0.496 e. The third kappa shape index (κ3) is 9.26. The van der Waals surface area contributed by atoms with Crippen LogP contribution in [-0.4, -0.2) is 85.6 Å². The maximum absolute atomic E-state index is 14.3. The van der Waals surface area contributed by atoms with Crippen LogP contribution in [0.3, 0.4) is 0 Å². The summed E-state index contributed by atoms with van der Waals surface area (Å²) in [6.07, 6.45) is 17.4. The standard InChI is InChI=1S/C39H62N4O5/c1-26(44)35-25-48-43(36(35)39(46)40-2)24-29-17-12-18-34(37(29)47-5)30-21-31(23-33(22-30)42(3)4)38(45)41-32(19-27-13-8-6-9-14-27)20-28-15-10-7-11-16-28/h12,17-18,26-28,30-33,35-36,44H,2,6-11,13-16,19-25H2,1,3-5H3,(H,41,45)/t26-,30?,31?,33?,35-,36-/m0/s1. The normalized spacial score (nSPS) is 28.4. The Hall–Kier alpha value is -2.33. The number of hydroxylamine groups is 2. The lowest BCUT2D eigenvalue weighted by Gasteiger charge is -2.39. The Morgan fingerprint density at radius 3 is 2.25 bits per heavy atom. The Labute approximate surface area is 289 Å². The molecule has 3 saturated carbocycles. The van der Waals surface area contributed by atoms with Gasteiger partial charge in [-0.15, -0.1) is 0 Å². The summed E-state index contributed by atoms with van der Waals surface area (Å²) in [5, 5.41) is 15.6. The van der Waals surface area contributed by atoms with Crippen LogP contribution < -0.4 is 10.1 Å². The average Bonchev–Trinajstić information content (AvgIpc) is 3.52. The molecule has 1 saturated heterocycles. The minimum absolute atomic E-state index is 0.0703. The van der Waals surface area contributed by atoms with Crippen molar-refractivity contribution in [2.24, 2.45) is 28.7 Å². The van der Waals surface area contributed by atoms with Gasteiger partial charge in [0, 0.05) is 29.5 Å². The van der Waals surface area contributed by atoms with Crippen molar-refractivity contribution >= 4 is 18.5 Å². The van der Waals surface area contributed by atoms with Gasteiger partial charge in [0.2, 0.25) is 5.91 Å². The molecule has 2 amide bonds. The third-order valence-corrected chi connectivity index (χ3v) is 12.1. The SMILES string of the molecule is C=NC(=O)[C@@H]1[C@H]([C@H](C)O)CON1Cc1cccc(C2CC(C(=O)NC(CC3CCCCC3)CC3CCCCC3)CC(N(C)C)C2)c1OC. The fourth-order valence-electron chi connectivity index (χ4n) is 9.34. The average molecular weight is 667 g/mol. The van der Waals surface area contributed by atoms with Gasteiger partial charge >= 0.3 is 0 Å². The van der Waals surface area contributed by atoms with E-state index in [1.807, 2.05) is 12.1 Å². The maximum Gasteiger partial charge on any atom is 0.265 e. The first-order valence-corrected chi connectivity index (χ1v) is 18.9. The summed E-state index contributed by atoms with van der Waals surface area (Å²) in [6.45, 7) is 5.66. The number of para-hydroxylation sites is 1. The zero-order valence-electron chi connectivity index (χ0n) is 30.1. The van der Waals surface area contributed by atoms with Gasteiger partial charge in [-0.25, -0.2) is 4.99 Å². The number of aliphatic hydroxyl groups excluding tert-OH is 1. The number of carbonyl (C=O) groups is 2. The second-order valence-corrected chi connectivity index (χ2v) is 15.7. The van der Waals surface area contributed by atoms with E-state index in [9.17, 15) is 14.7 Å². The van der Waals surface area contributed by atoms with Crippen molar-refractivity contribution in [3.8, 4) is 5.75 Å². The molecule has 1 aromatic carbocycles. The molecule has 0 spiro atoms. The van der Waals surface area contributed by atoms with Crippen molar-refractivity contribution in [1.82, 2.24) is 15.3 Å². The van der Waals surface area contributed by atoms with E-state index in [1.54, 1.807) is 19.1 Å². The summed E-state index contributed by atoms with van der Waals surface area (Å²) in [5.41, 5.74) is 1.99. The molecule has 4 fully saturated rings. The molecule has 268 valence electrons. The van der Waals surface area contributed by atoms with Crippen molar-refractivity contribution in [2.45, 2.75) is 140 Å². The number of nitrogens with zero attached hydrogens (tertiary/aromatic N) is 3. The minimum Gasteiger partial charge on any atom is -0.496 e. The van der Waals surface area contributed by atoms with Crippen LogP contribution in [0.15, 0.2) is 23.2 Å². The van der Waals surface area contributed by atoms with Gasteiger partial charge in [-0.05, 0) is 83.2 Å². The fraction of sp³-hybridized carbons (Fsp3) is 0.769. The molecule has 1 aliphatic heterocycles. The van der Waals surface area contributed by atoms with Crippen LogP contribution >= 0.6 is 0 Å². The smallest absolute Gasteiger partial charge is 0.265 e. The van der Waals surface area contributed by atoms with E-state index in [4.69, 9.17) is 9.57 Å². The molecule has 6 atom stereocenters. The highest BCUT2D eigenvalue weighted by atomic mass is 16.7. The van der Waals surface area contributed by atoms with E-state index >= 15 is 0 Å². The molecule has 0 aromatic heterocycles. The van der Waals surface area contributed by atoms with Crippen LogP contribution in [-0.2, 0) is 21.0 Å². The Kier molecular flexibility index (Phi) is 13.5. The van der Waals surface area contributed by atoms with Gasteiger partial charge in [0.1, 0.15) is 11.8 Å². The van der Waals surface area contributed by atoms with E-state index in [2.05, 4.69) is 42.1 Å². The number of hydrogen-bond donors (Lipinski definition) is 2. The van der Waals surface area contributed by atoms with Crippen LogP contribution in [0.5, 0.6) is 5.75 Å². The van der Waals surface area contributed by atoms with Crippen molar-refractivity contribution in [3.05, 3.63) is 29.3 Å². The van der Waals surface area contributed by atoms with Gasteiger partial charge in [0.25, 0.3) is 5.91 Å². The second-order valence-electron chi connectivity index (χ2n) is 15.7. The lowest BCUT2D eigenvalue weighted by atomic mass is 9.74. The zero-order chi connectivity index (χ0) is 34.2. The van der Waals surface area contributed by atoms with Gasteiger partial charge < -0.3 is 20.1 Å². The molecule has 0 radical (unpaired) electrons. The molecular formula is C39H62N4O5. The quantitative estimate of drug-likeness (QED) is 0.239. The first-order chi connectivity index (χ1) is 23.2. The number of nitrogens with one attached hydrogen (secondary N) is 1.